The average molecular weight is 251 g/mol. The number of nitrogens with zero attached hydrogens (tertiary/aromatic N) is 1. The molecular weight excluding hydrogens is 226 g/mol. The summed E-state index contributed by atoms with van der Waals surface area (Å²) in [7, 11) is 0. The molecule has 0 aromatic carbocycles. The molecule has 2 heteroatoms. The predicted molar refractivity (Wildman–Crippen MR) is 76.8 cm³/mol. The predicted octanol–water partition coefficient (Wildman–Crippen LogP) is 4.42. The molecule has 96 valence electrons. The molecule has 1 aromatic heterocycles. The van der Waals surface area contributed by atoms with Crippen molar-refractivity contribution in [2.75, 3.05) is 13.1 Å². The number of hydrogen-bond donors (Lipinski definition) is 0. The maximum atomic E-state index is 2.63. The van der Waals surface area contributed by atoms with Gasteiger partial charge in [-0.25, -0.2) is 0 Å². The van der Waals surface area contributed by atoms with Crippen LogP contribution < -0.4 is 0 Å². The van der Waals surface area contributed by atoms with Crippen LogP contribution in [0.1, 0.15) is 56.2 Å². The molecule has 0 N–H and O–H groups in total. The second-order valence-electron chi connectivity index (χ2n) is 6.21. The fourth-order valence-electron chi connectivity index (χ4n) is 2.38. The molecule has 1 nitrogen and oxygen atoms in total. The molecular formula is C15H25NS. The highest BCUT2D eigenvalue weighted by Crippen LogP contribution is 2.30. The van der Waals surface area contributed by atoms with E-state index in [1.165, 1.54) is 55.1 Å². The van der Waals surface area contributed by atoms with Gasteiger partial charge in [-0.05, 0) is 43.5 Å². The van der Waals surface area contributed by atoms with Crippen LogP contribution in [0.25, 0.3) is 0 Å². The maximum absolute atomic E-state index is 2.63. The third-order valence-electron chi connectivity index (χ3n) is 3.48. The summed E-state index contributed by atoms with van der Waals surface area (Å²) in [4.78, 5) is 5.68. The van der Waals surface area contributed by atoms with Gasteiger partial charge in [0.1, 0.15) is 0 Å². The third-order valence-corrected chi connectivity index (χ3v) is 4.97. The summed E-state index contributed by atoms with van der Waals surface area (Å²) in [6, 6.07) is 4.65. The molecule has 0 aliphatic carbocycles. The van der Waals surface area contributed by atoms with E-state index in [-0.39, 0.29) is 0 Å². The molecule has 0 saturated carbocycles. The fraction of sp³-hybridized carbons (Fsp3) is 0.733. The van der Waals surface area contributed by atoms with E-state index in [4.69, 9.17) is 0 Å². The van der Waals surface area contributed by atoms with Gasteiger partial charge in [-0.15, -0.1) is 11.3 Å². The van der Waals surface area contributed by atoms with Crippen LogP contribution in [0.4, 0.5) is 0 Å². The Balaban J connectivity index is 1.96. The Morgan fingerprint density at radius 1 is 1.06 bits per heavy atom. The van der Waals surface area contributed by atoms with Crippen molar-refractivity contribution in [1.29, 1.82) is 0 Å². The minimum absolute atomic E-state index is 0.307. The summed E-state index contributed by atoms with van der Waals surface area (Å²) in [6.45, 7) is 10.7. The lowest BCUT2D eigenvalue weighted by Gasteiger charge is -2.19. The van der Waals surface area contributed by atoms with Gasteiger partial charge in [-0.1, -0.05) is 33.6 Å². The van der Waals surface area contributed by atoms with Gasteiger partial charge in [0.25, 0.3) is 0 Å². The van der Waals surface area contributed by atoms with Gasteiger partial charge in [-0.2, -0.15) is 0 Å². The highest BCUT2D eigenvalue weighted by Gasteiger charge is 2.17. The second-order valence-corrected chi connectivity index (χ2v) is 7.37. The van der Waals surface area contributed by atoms with Crippen LogP contribution in [0.2, 0.25) is 0 Å². The lowest BCUT2D eigenvalue weighted by atomic mass is 9.95. The summed E-state index contributed by atoms with van der Waals surface area (Å²) < 4.78 is 0. The lowest BCUT2D eigenvalue weighted by Crippen LogP contribution is -2.23. The van der Waals surface area contributed by atoms with Crippen molar-refractivity contribution >= 4 is 11.3 Å². The molecule has 0 spiro atoms. The van der Waals surface area contributed by atoms with Crippen LogP contribution in [0.15, 0.2) is 12.1 Å². The van der Waals surface area contributed by atoms with Crippen molar-refractivity contribution < 1.29 is 0 Å². The lowest BCUT2D eigenvalue weighted by molar-refractivity contribution is 0.279. The smallest absolute Gasteiger partial charge is 0.0328 e. The van der Waals surface area contributed by atoms with Crippen LogP contribution >= 0.6 is 11.3 Å². The molecule has 2 rings (SSSR count). The van der Waals surface area contributed by atoms with Gasteiger partial charge in [0.15, 0.2) is 0 Å². The zero-order chi connectivity index (χ0) is 12.3. The van der Waals surface area contributed by atoms with Crippen LogP contribution in [0, 0.1) is 0 Å². The van der Waals surface area contributed by atoms with Crippen molar-refractivity contribution in [3.63, 3.8) is 0 Å². The van der Waals surface area contributed by atoms with E-state index in [9.17, 15) is 0 Å². The molecule has 1 aliphatic heterocycles. The average Bonchev–Trinajstić information content (AvgIpc) is 2.56. The quantitative estimate of drug-likeness (QED) is 0.752. The second kappa shape index (κ2) is 5.53. The topological polar surface area (TPSA) is 3.24 Å². The van der Waals surface area contributed by atoms with Crippen LogP contribution in [0.3, 0.4) is 0 Å². The molecule has 0 unspecified atom stereocenters. The van der Waals surface area contributed by atoms with Crippen LogP contribution in [0.5, 0.6) is 0 Å². The van der Waals surface area contributed by atoms with E-state index in [1.54, 1.807) is 0 Å². The first-order valence-electron chi connectivity index (χ1n) is 6.87. The highest BCUT2D eigenvalue weighted by molar-refractivity contribution is 7.12. The molecule has 17 heavy (non-hydrogen) atoms. The van der Waals surface area contributed by atoms with E-state index >= 15 is 0 Å². The zero-order valence-electron chi connectivity index (χ0n) is 11.5. The molecule has 1 aromatic rings. The third kappa shape index (κ3) is 3.82. The van der Waals surface area contributed by atoms with Crippen LogP contribution in [-0.2, 0) is 12.0 Å². The van der Waals surface area contributed by atoms with Crippen LogP contribution in [-0.4, -0.2) is 18.0 Å². The van der Waals surface area contributed by atoms with Crippen molar-refractivity contribution in [1.82, 2.24) is 4.90 Å². The Kier molecular flexibility index (Phi) is 4.26. The summed E-state index contributed by atoms with van der Waals surface area (Å²) in [5.41, 5.74) is 0.307. The first-order valence-corrected chi connectivity index (χ1v) is 7.69. The molecule has 1 saturated heterocycles. The van der Waals surface area contributed by atoms with E-state index in [2.05, 4.69) is 37.8 Å². The Bertz CT molecular complexity index is 340. The minimum Gasteiger partial charge on any atom is -0.298 e. The number of thiophene rings is 1. The summed E-state index contributed by atoms with van der Waals surface area (Å²) in [6.07, 6.45) is 5.62. The van der Waals surface area contributed by atoms with Crippen molar-refractivity contribution in [3.05, 3.63) is 21.9 Å². The Morgan fingerprint density at radius 2 is 1.71 bits per heavy atom. The monoisotopic (exact) mass is 251 g/mol. The highest BCUT2D eigenvalue weighted by atomic mass is 32.1. The minimum atomic E-state index is 0.307. The van der Waals surface area contributed by atoms with Gasteiger partial charge in [-0.3, -0.25) is 4.90 Å². The van der Waals surface area contributed by atoms with E-state index in [1.807, 2.05) is 11.3 Å². The SMILES string of the molecule is CC(C)(C)c1ccc(CN2CCCCCC2)s1. The Hall–Kier alpha value is -0.340. The van der Waals surface area contributed by atoms with E-state index in [0.717, 1.165) is 0 Å². The van der Waals surface area contributed by atoms with Crippen molar-refractivity contribution in [2.24, 2.45) is 0 Å². The molecule has 2 heterocycles. The normalized spacial score (nSPS) is 19.2. The first kappa shape index (κ1) is 13.1. The molecule has 0 amide bonds. The summed E-state index contributed by atoms with van der Waals surface area (Å²) in [5, 5.41) is 0. The first-order chi connectivity index (χ1) is 8.05. The molecule has 0 bridgehead atoms. The van der Waals surface area contributed by atoms with E-state index < -0.39 is 0 Å². The maximum Gasteiger partial charge on any atom is 0.0328 e. The molecule has 0 atom stereocenters. The van der Waals surface area contributed by atoms with Crippen molar-refractivity contribution in [2.45, 2.75) is 58.4 Å². The van der Waals surface area contributed by atoms with Gasteiger partial charge in [0.2, 0.25) is 0 Å². The summed E-state index contributed by atoms with van der Waals surface area (Å²) >= 11 is 2.00. The van der Waals surface area contributed by atoms with E-state index in [0.29, 0.717) is 5.41 Å². The Morgan fingerprint density at radius 3 is 2.24 bits per heavy atom. The Labute approximate surface area is 110 Å². The molecule has 1 aliphatic rings. The number of hydrogen-bond acceptors (Lipinski definition) is 2. The summed E-state index contributed by atoms with van der Waals surface area (Å²) in [5.74, 6) is 0. The fourth-order valence-corrected chi connectivity index (χ4v) is 3.49. The van der Waals surface area contributed by atoms with Crippen molar-refractivity contribution in [3.8, 4) is 0 Å². The van der Waals surface area contributed by atoms with Gasteiger partial charge >= 0.3 is 0 Å². The molecule has 1 fully saturated rings. The van der Waals surface area contributed by atoms with Gasteiger partial charge in [0.05, 0.1) is 0 Å². The van der Waals surface area contributed by atoms with Gasteiger partial charge in [0, 0.05) is 16.3 Å². The molecule has 0 radical (unpaired) electrons. The van der Waals surface area contributed by atoms with Gasteiger partial charge < -0.3 is 0 Å². The number of likely N-dealkylation sites (tertiary alicyclic amines) is 1. The standard InChI is InChI=1S/C15H25NS/c1-15(2,3)14-9-8-13(17-14)12-16-10-6-4-5-7-11-16/h8-9H,4-7,10-12H2,1-3H3. The number of rotatable bonds is 2. The zero-order valence-corrected chi connectivity index (χ0v) is 12.3. The largest absolute Gasteiger partial charge is 0.298 e.